The van der Waals surface area contributed by atoms with Gasteiger partial charge in [-0.3, -0.25) is 0 Å². The first-order valence-electron chi connectivity index (χ1n) is 5.96. The molecule has 1 heterocycles. The summed E-state index contributed by atoms with van der Waals surface area (Å²) in [5.41, 5.74) is -1.34. The Morgan fingerprint density at radius 3 is 2.62 bits per heavy atom. The maximum absolute atomic E-state index is 13.1. The molecular weight excluding hydrogens is 401 g/mol. The Morgan fingerprint density at radius 2 is 2.00 bits per heavy atom. The Labute approximate surface area is 131 Å². The third kappa shape index (κ3) is 3.60. The van der Waals surface area contributed by atoms with E-state index in [2.05, 4.69) is 15.3 Å². The van der Waals surface area contributed by atoms with Crippen LogP contribution in [-0.4, -0.2) is 16.5 Å². The zero-order valence-electron chi connectivity index (χ0n) is 10.8. The maximum atomic E-state index is 13.1. The lowest BCUT2D eigenvalue weighted by molar-refractivity contribution is -0.137. The fourth-order valence-corrected chi connectivity index (χ4v) is 2.18. The van der Waals surface area contributed by atoms with Crippen molar-refractivity contribution in [2.75, 3.05) is 11.9 Å². The smallest absolute Gasteiger partial charge is 0.369 e. The summed E-state index contributed by atoms with van der Waals surface area (Å²) in [5.74, 6) is -0.609. The van der Waals surface area contributed by atoms with Crippen LogP contribution in [0.25, 0.3) is 11.4 Å². The number of hydrogen-bond acceptors (Lipinski definition) is 3. The minimum Gasteiger partial charge on any atom is -0.369 e. The summed E-state index contributed by atoms with van der Waals surface area (Å²) in [6.07, 6.45) is -3.26. The van der Waals surface area contributed by atoms with Gasteiger partial charge in [-0.15, -0.1) is 0 Å². The van der Waals surface area contributed by atoms with Gasteiger partial charge in [-0.2, -0.15) is 13.2 Å². The molecule has 2 rings (SSSR count). The van der Waals surface area contributed by atoms with Gasteiger partial charge in [0.1, 0.15) is 11.6 Å². The van der Waals surface area contributed by atoms with Crippen molar-refractivity contribution in [1.82, 2.24) is 9.97 Å². The summed E-state index contributed by atoms with van der Waals surface area (Å²) < 4.78 is 52.8. The second-order valence-electron chi connectivity index (χ2n) is 4.11. The van der Waals surface area contributed by atoms with Gasteiger partial charge < -0.3 is 5.32 Å². The molecule has 0 unspecified atom stereocenters. The van der Waals surface area contributed by atoms with Crippen LogP contribution in [0.15, 0.2) is 24.4 Å². The van der Waals surface area contributed by atoms with Crippen LogP contribution in [0.5, 0.6) is 0 Å². The van der Waals surface area contributed by atoms with E-state index in [0.29, 0.717) is 22.0 Å². The monoisotopic (exact) mass is 411 g/mol. The van der Waals surface area contributed by atoms with Crippen molar-refractivity contribution in [3.8, 4) is 11.4 Å². The van der Waals surface area contributed by atoms with E-state index in [4.69, 9.17) is 0 Å². The molecule has 0 amide bonds. The fraction of sp³-hybridized carbons (Fsp3) is 0.231. The zero-order valence-corrected chi connectivity index (χ0v) is 13.0. The van der Waals surface area contributed by atoms with Crippen LogP contribution in [0.1, 0.15) is 12.5 Å². The van der Waals surface area contributed by atoms with Crippen LogP contribution in [0, 0.1) is 9.39 Å². The number of alkyl halides is 3. The van der Waals surface area contributed by atoms with Gasteiger partial charge in [0.05, 0.1) is 9.13 Å². The van der Waals surface area contributed by atoms with E-state index in [1.54, 1.807) is 0 Å². The van der Waals surface area contributed by atoms with Gasteiger partial charge in [-0.05, 0) is 47.7 Å². The van der Waals surface area contributed by atoms with E-state index in [0.717, 1.165) is 12.1 Å². The van der Waals surface area contributed by atoms with Crippen LogP contribution >= 0.6 is 22.6 Å². The summed E-state index contributed by atoms with van der Waals surface area (Å²) in [6, 6.07) is 2.44. The second kappa shape index (κ2) is 6.12. The minimum atomic E-state index is -4.68. The predicted molar refractivity (Wildman–Crippen MR) is 79.3 cm³/mol. The summed E-state index contributed by atoms with van der Waals surface area (Å²) in [5, 5.41) is 2.94. The standard InChI is InChI=1S/C13H10F4IN3/c1-2-19-12-10(18)6-20-11(21-12)8-4-3-7(14)5-9(8)13(15,16)17/h3-6H,2H2,1H3,(H,19,20,21). The molecule has 0 aliphatic carbocycles. The van der Waals surface area contributed by atoms with Crippen molar-refractivity contribution in [3.63, 3.8) is 0 Å². The predicted octanol–water partition coefficient (Wildman–Crippen LogP) is 4.34. The molecule has 1 aromatic carbocycles. The lowest BCUT2D eigenvalue weighted by Crippen LogP contribution is -2.10. The van der Waals surface area contributed by atoms with Gasteiger partial charge >= 0.3 is 6.18 Å². The molecule has 8 heteroatoms. The molecule has 0 spiro atoms. The van der Waals surface area contributed by atoms with Crippen LogP contribution in [0.3, 0.4) is 0 Å². The van der Waals surface area contributed by atoms with Crippen molar-refractivity contribution in [2.45, 2.75) is 13.1 Å². The summed E-state index contributed by atoms with van der Waals surface area (Å²) in [4.78, 5) is 8.00. The van der Waals surface area contributed by atoms with E-state index in [9.17, 15) is 17.6 Å². The highest BCUT2D eigenvalue weighted by Crippen LogP contribution is 2.36. The molecule has 0 bridgehead atoms. The average molecular weight is 411 g/mol. The Morgan fingerprint density at radius 1 is 1.29 bits per heavy atom. The van der Waals surface area contributed by atoms with Gasteiger partial charge in [0.2, 0.25) is 0 Å². The van der Waals surface area contributed by atoms with E-state index in [-0.39, 0.29) is 11.4 Å². The Kier molecular flexibility index (Phi) is 4.64. The van der Waals surface area contributed by atoms with Crippen molar-refractivity contribution in [1.29, 1.82) is 0 Å². The highest BCUT2D eigenvalue weighted by Gasteiger charge is 2.35. The van der Waals surface area contributed by atoms with Crippen LogP contribution in [-0.2, 0) is 6.18 Å². The minimum absolute atomic E-state index is 0.0984. The maximum Gasteiger partial charge on any atom is 0.417 e. The quantitative estimate of drug-likeness (QED) is 0.604. The lowest BCUT2D eigenvalue weighted by atomic mass is 10.1. The van der Waals surface area contributed by atoms with Crippen molar-refractivity contribution < 1.29 is 17.6 Å². The second-order valence-corrected chi connectivity index (χ2v) is 5.27. The van der Waals surface area contributed by atoms with Crippen LogP contribution < -0.4 is 5.32 Å². The number of benzene rings is 1. The third-order valence-corrected chi connectivity index (χ3v) is 3.41. The first kappa shape index (κ1) is 15.9. The Bertz CT molecular complexity index is 658. The Balaban J connectivity index is 2.59. The first-order valence-corrected chi connectivity index (χ1v) is 7.04. The molecule has 1 aromatic heterocycles. The molecule has 0 aliphatic rings. The van der Waals surface area contributed by atoms with Gasteiger partial charge in [0.25, 0.3) is 0 Å². The van der Waals surface area contributed by atoms with Crippen molar-refractivity contribution >= 4 is 28.4 Å². The largest absolute Gasteiger partial charge is 0.417 e. The molecular formula is C13H10F4IN3. The number of halogens is 5. The molecule has 0 saturated carbocycles. The van der Waals surface area contributed by atoms with Crippen LogP contribution in [0.2, 0.25) is 0 Å². The SMILES string of the molecule is CCNc1nc(-c2ccc(F)cc2C(F)(F)F)ncc1I. The average Bonchev–Trinajstić information content (AvgIpc) is 2.41. The highest BCUT2D eigenvalue weighted by molar-refractivity contribution is 14.1. The third-order valence-electron chi connectivity index (χ3n) is 2.62. The molecule has 0 atom stereocenters. The zero-order chi connectivity index (χ0) is 15.6. The first-order chi connectivity index (χ1) is 9.82. The van der Waals surface area contributed by atoms with E-state index >= 15 is 0 Å². The summed E-state index contributed by atoms with van der Waals surface area (Å²) >= 11 is 1.98. The summed E-state index contributed by atoms with van der Waals surface area (Å²) in [6.45, 7) is 2.42. The summed E-state index contributed by atoms with van der Waals surface area (Å²) in [7, 11) is 0. The van der Waals surface area contributed by atoms with Gasteiger partial charge in [0.15, 0.2) is 5.82 Å². The van der Waals surface area contributed by atoms with Gasteiger partial charge in [0, 0.05) is 18.3 Å². The van der Waals surface area contributed by atoms with Crippen molar-refractivity contribution in [3.05, 3.63) is 39.3 Å². The van der Waals surface area contributed by atoms with Gasteiger partial charge in [-0.25, -0.2) is 14.4 Å². The molecule has 0 radical (unpaired) electrons. The molecule has 1 N–H and O–H groups in total. The Hall–Kier alpha value is -1.45. The van der Waals surface area contributed by atoms with E-state index in [1.807, 2.05) is 29.5 Å². The highest BCUT2D eigenvalue weighted by atomic mass is 127. The topological polar surface area (TPSA) is 37.8 Å². The molecule has 2 aromatic rings. The molecule has 3 nitrogen and oxygen atoms in total. The van der Waals surface area contributed by atoms with E-state index < -0.39 is 17.6 Å². The number of anilines is 1. The van der Waals surface area contributed by atoms with E-state index in [1.165, 1.54) is 6.20 Å². The fourth-order valence-electron chi connectivity index (χ4n) is 1.73. The molecule has 112 valence electrons. The number of hydrogen-bond donors (Lipinski definition) is 1. The number of nitrogens with zero attached hydrogens (tertiary/aromatic N) is 2. The number of nitrogens with one attached hydrogen (secondary N) is 1. The molecule has 0 saturated heterocycles. The van der Waals surface area contributed by atoms with Crippen LogP contribution in [0.4, 0.5) is 23.4 Å². The molecule has 0 fully saturated rings. The lowest BCUT2D eigenvalue weighted by Gasteiger charge is -2.13. The molecule has 0 aliphatic heterocycles. The molecule has 21 heavy (non-hydrogen) atoms. The normalized spacial score (nSPS) is 11.5. The van der Waals surface area contributed by atoms with Crippen molar-refractivity contribution in [2.24, 2.45) is 0 Å². The number of aromatic nitrogens is 2. The number of rotatable bonds is 3. The van der Waals surface area contributed by atoms with Gasteiger partial charge in [-0.1, -0.05) is 0 Å².